The van der Waals surface area contributed by atoms with Crippen molar-refractivity contribution in [3.8, 4) is 0 Å². The molecule has 26 heavy (non-hydrogen) atoms. The first-order chi connectivity index (χ1) is 12.3. The quantitative estimate of drug-likeness (QED) is 0.410. The zero-order chi connectivity index (χ0) is 19.0. The minimum absolute atomic E-state index is 0.238. The Balaban J connectivity index is 1.59. The van der Waals surface area contributed by atoms with Crippen LogP contribution in [0.25, 0.3) is 0 Å². The van der Waals surface area contributed by atoms with Gasteiger partial charge in [-0.3, -0.25) is 9.89 Å². The topological polar surface area (TPSA) is 92.4 Å². The van der Waals surface area contributed by atoms with Crippen molar-refractivity contribution in [1.82, 2.24) is 15.1 Å². The molecule has 8 nitrogen and oxygen atoms in total. The lowest BCUT2D eigenvalue weighted by Gasteiger charge is -2.26. The number of carbonyl (C=O) groups excluding carboxylic acids is 1. The van der Waals surface area contributed by atoms with Crippen molar-refractivity contribution in [3.05, 3.63) is 0 Å². The van der Waals surface area contributed by atoms with E-state index in [-0.39, 0.29) is 6.09 Å². The molecule has 2 heterocycles. The number of nitrogens with two attached hydrogens (primary N) is 1. The molecule has 0 aromatic rings. The van der Waals surface area contributed by atoms with E-state index in [0.29, 0.717) is 25.0 Å². The van der Waals surface area contributed by atoms with E-state index in [2.05, 4.69) is 15.2 Å². The molecule has 3 N–H and O–H groups in total. The Kier molecular flexibility index (Phi) is 7.96. The smallest absolute Gasteiger partial charge is 0.410 e. The number of ether oxygens (including phenoxy) is 2. The Morgan fingerprint density at radius 1 is 1.31 bits per heavy atom. The number of aliphatic imine (C=N–C) groups is 1. The molecule has 2 rings (SSSR count). The molecule has 0 radical (unpaired) electrons. The van der Waals surface area contributed by atoms with Gasteiger partial charge >= 0.3 is 6.09 Å². The highest BCUT2D eigenvalue weighted by atomic mass is 16.6. The predicted octanol–water partition coefficient (Wildman–Crippen LogP) is 0.870. The molecule has 2 fully saturated rings. The number of nitrogens with one attached hydrogen (secondary N) is 1. The van der Waals surface area contributed by atoms with Gasteiger partial charge in [-0.05, 0) is 46.1 Å². The molecule has 2 aliphatic rings. The van der Waals surface area contributed by atoms with Gasteiger partial charge in [0.25, 0.3) is 0 Å². The van der Waals surface area contributed by atoms with Crippen molar-refractivity contribution >= 4 is 12.1 Å². The van der Waals surface area contributed by atoms with Crippen LogP contribution in [-0.4, -0.2) is 86.5 Å². The number of rotatable bonds is 6. The molecule has 8 heteroatoms. The molecular formula is C18H35N5O3. The molecule has 0 aromatic carbocycles. The van der Waals surface area contributed by atoms with Crippen LogP contribution in [0.5, 0.6) is 0 Å². The molecule has 0 bridgehead atoms. The van der Waals surface area contributed by atoms with E-state index in [1.54, 1.807) is 4.90 Å². The van der Waals surface area contributed by atoms with Crippen LogP contribution >= 0.6 is 0 Å². The minimum Gasteiger partial charge on any atom is -0.444 e. The summed E-state index contributed by atoms with van der Waals surface area (Å²) in [5.41, 5.74) is 5.49. The summed E-state index contributed by atoms with van der Waals surface area (Å²) in [6.45, 7) is 13.3. The van der Waals surface area contributed by atoms with E-state index in [0.717, 1.165) is 58.8 Å². The van der Waals surface area contributed by atoms with Crippen LogP contribution < -0.4 is 11.1 Å². The highest BCUT2D eigenvalue weighted by molar-refractivity contribution is 5.77. The number of carbonyl (C=O) groups is 1. The van der Waals surface area contributed by atoms with Gasteiger partial charge in [-0.2, -0.15) is 0 Å². The van der Waals surface area contributed by atoms with Crippen molar-refractivity contribution in [2.24, 2.45) is 16.6 Å². The summed E-state index contributed by atoms with van der Waals surface area (Å²) in [4.78, 5) is 20.7. The molecular weight excluding hydrogens is 334 g/mol. The molecule has 150 valence electrons. The van der Waals surface area contributed by atoms with Crippen molar-refractivity contribution < 1.29 is 14.3 Å². The van der Waals surface area contributed by atoms with Gasteiger partial charge in [0.15, 0.2) is 5.96 Å². The monoisotopic (exact) mass is 369 g/mol. The number of likely N-dealkylation sites (tertiary alicyclic amines) is 1. The zero-order valence-electron chi connectivity index (χ0n) is 16.5. The number of hydrogen-bond acceptors (Lipinski definition) is 5. The fourth-order valence-electron chi connectivity index (χ4n) is 3.10. The lowest BCUT2D eigenvalue weighted by molar-refractivity contribution is 0.0289. The number of hydrogen-bond donors (Lipinski definition) is 2. The maximum absolute atomic E-state index is 12.1. The van der Waals surface area contributed by atoms with Crippen LogP contribution in [-0.2, 0) is 9.47 Å². The van der Waals surface area contributed by atoms with E-state index < -0.39 is 5.60 Å². The molecule has 0 spiro atoms. The lowest BCUT2D eigenvalue weighted by atomic mass is 10.1. The van der Waals surface area contributed by atoms with Gasteiger partial charge in [-0.1, -0.05) is 0 Å². The van der Waals surface area contributed by atoms with Crippen LogP contribution in [0.4, 0.5) is 4.79 Å². The van der Waals surface area contributed by atoms with Crippen molar-refractivity contribution in [2.45, 2.75) is 39.2 Å². The molecule has 0 aromatic heterocycles. The summed E-state index contributed by atoms with van der Waals surface area (Å²) in [6, 6.07) is 0. The van der Waals surface area contributed by atoms with E-state index in [1.807, 2.05) is 20.8 Å². The molecule has 0 saturated carbocycles. The van der Waals surface area contributed by atoms with Crippen LogP contribution in [0.1, 0.15) is 33.6 Å². The summed E-state index contributed by atoms with van der Waals surface area (Å²) in [7, 11) is 0. The third-order valence-electron chi connectivity index (χ3n) is 4.52. The first-order valence-corrected chi connectivity index (χ1v) is 9.65. The second-order valence-corrected chi connectivity index (χ2v) is 8.04. The normalized spacial score (nSPS) is 22.5. The fourth-order valence-corrected chi connectivity index (χ4v) is 3.10. The van der Waals surface area contributed by atoms with Gasteiger partial charge < -0.3 is 25.4 Å². The minimum atomic E-state index is -0.455. The molecule has 1 amide bonds. The summed E-state index contributed by atoms with van der Waals surface area (Å²) < 4.78 is 10.8. The van der Waals surface area contributed by atoms with E-state index in [4.69, 9.17) is 15.2 Å². The summed E-state index contributed by atoms with van der Waals surface area (Å²) in [6.07, 6.45) is 1.73. The Labute approximate surface area is 157 Å². The Hall–Kier alpha value is -1.54. The summed E-state index contributed by atoms with van der Waals surface area (Å²) in [5, 5.41) is 3.18. The SMILES string of the molecule is CC(C)(C)OC(=O)N1CCC(CN=C(N)NCCCN2CCOCC2)C1. The van der Waals surface area contributed by atoms with Gasteiger partial charge in [-0.25, -0.2) is 4.79 Å². The summed E-state index contributed by atoms with van der Waals surface area (Å²) in [5.74, 6) is 0.832. The zero-order valence-corrected chi connectivity index (χ0v) is 16.5. The maximum Gasteiger partial charge on any atom is 0.410 e. The average molecular weight is 370 g/mol. The van der Waals surface area contributed by atoms with Gasteiger partial charge in [0, 0.05) is 39.3 Å². The average Bonchev–Trinajstić information content (AvgIpc) is 3.06. The van der Waals surface area contributed by atoms with Crippen molar-refractivity contribution in [2.75, 3.05) is 59.0 Å². The largest absolute Gasteiger partial charge is 0.444 e. The highest BCUT2D eigenvalue weighted by Gasteiger charge is 2.29. The first-order valence-electron chi connectivity index (χ1n) is 9.65. The third-order valence-corrected chi connectivity index (χ3v) is 4.52. The predicted molar refractivity (Wildman–Crippen MR) is 102 cm³/mol. The van der Waals surface area contributed by atoms with E-state index in [9.17, 15) is 4.79 Å². The number of amides is 1. The number of guanidine groups is 1. The van der Waals surface area contributed by atoms with Gasteiger partial charge in [0.1, 0.15) is 5.60 Å². The fraction of sp³-hybridized carbons (Fsp3) is 0.889. The lowest BCUT2D eigenvalue weighted by Crippen LogP contribution is -2.39. The number of nitrogens with zero attached hydrogens (tertiary/aromatic N) is 3. The van der Waals surface area contributed by atoms with Crippen molar-refractivity contribution in [1.29, 1.82) is 0 Å². The molecule has 2 saturated heterocycles. The van der Waals surface area contributed by atoms with Gasteiger partial charge in [-0.15, -0.1) is 0 Å². The molecule has 1 atom stereocenters. The summed E-state index contributed by atoms with van der Waals surface area (Å²) >= 11 is 0. The van der Waals surface area contributed by atoms with Gasteiger partial charge in [0.05, 0.1) is 13.2 Å². The Morgan fingerprint density at radius 2 is 2.04 bits per heavy atom. The maximum atomic E-state index is 12.1. The van der Waals surface area contributed by atoms with Crippen LogP contribution in [0, 0.1) is 5.92 Å². The third kappa shape index (κ3) is 7.78. The molecule has 0 aliphatic carbocycles. The van der Waals surface area contributed by atoms with Crippen LogP contribution in [0.2, 0.25) is 0 Å². The second kappa shape index (κ2) is 9.97. The first kappa shape index (κ1) is 20.8. The molecule has 2 aliphatic heterocycles. The van der Waals surface area contributed by atoms with Crippen LogP contribution in [0.15, 0.2) is 4.99 Å². The highest BCUT2D eigenvalue weighted by Crippen LogP contribution is 2.19. The standard InChI is InChI=1S/C18H35N5O3/c1-18(2,3)26-17(24)23-8-5-15(14-23)13-21-16(19)20-6-4-7-22-9-11-25-12-10-22/h15H,4-14H2,1-3H3,(H3,19,20,21). The Morgan fingerprint density at radius 3 is 2.73 bits per heavy atom. The second-order valence-electron chi connectivity index (χ2n) is 8.04. The van der Waals surface area contributed by atoms with Gasteiger partial charge in [0.2, 0.25) is 0 Å². The van der Waals surface area contributed by atoms with Crippen molar-refractivity contribution in [3.63, 3.8) is 0 Å². The van der Waals surface area contributed by atoms with Crippen LogP contribution in [0.3, 0.4) is 0 Å². The Bertz CT molecular complexity index is 472. The molecule has 1 unspecified atom stereocenters. The van der Waals surface area contributed by atoms with E-state index in [1.165, 1.54) is 0 Å². The number of morpholine rings is 1. The van der Waals surface area contributed by atoms with E-state index >= 15 is 0 Å².